The molecule has 0 aromatic carbocycles. The van der Waals surface area contributed by atoms with Crippen molar-refractivity contribution in [2.24, 2.45) is 0 Å². The largest absolute Gasteiger partial charge is 0.489 e. The number of allylic oxidation sites excluding steroid dienone is 1. The maximum Gasteiger partial charge on any atom is 0.240 e. The van der Waals surface area contributed by atoms with E-state index < -0.39 is 11.6 Å². The number of carbonyl (C=O) groups excluding carboxylic acids is 2. The number of hydrogen-bond acceptors (Lipinski definition) is 7. The predicted octanol–water partition coefficient (Wildman–Crippen LogP) is -0.301. The van der Waals surface area contributed by atoms with Gasteiger partial charge in [-0.3, -0.25) is 9.59 Å². The van der Waals surface area contributed by atoms with Crippen molar-refractivity contribution in [3.63, 3.8) is 0 Å². The molecule has 0 amide bonds. The fourth-order valence-electron chi connectivity index (χ4n) is 1.36. The van der Waals surface area contributed by atoms with Crippen LogP contribution in [0.3, 0.4) is 0 Å². The van der Waals surface area contributed by atoms with Crippen molar-refractivity contribution in [2.45, 2.75) is 18.5 Å². The highest BCUT2D eigenvalue weighted by atomic mass is 32.2. The molecule has 0 atom stereocenters. The Morgan fingerprint density at radius 1 is 1.50 bits per heavy atom. The highest BCUT2D eigenvalue weighted by Crippen LogP contribution is 2.19. The summed E-state index contributed by atoms with van der Waals surface area (Å²) >= 11 is 1.30. The summed E-state index contributed by atoms with van der Waals surface area (Å²) in [5, 5.41) is 8.37. The van der Waals surface area contributed by atoms with E-state index in [0.29, 0.717) is 28.9 Å². The zero-order chi connectivity index (χ0) is 13.1. The number of ether oxygens (including phenoxy) is 1. The Balaban J connectivity index is 2.00. The Morgan fingerprint density at radius 3 is 2.89 bits per heavy atom. The molecule has 7 nitrogen and oxygen atoms in total. The van der Waals surface area contributed by atoms with Crippen LogP contribution < -0.4 is 5.84 Å². The lowest BCUT2D eigenvalue weighted by Gasteiger charge is -2.12. The second-order valence-corrected chi connectivity index (χ2v) is 4.54. The van der Waals surface area contributed by atoms with Crippen LogP contribution in [0, 0.1) is 0 Å². The van der Waals surface area contributed by atoms with E-state index in [4.69, 9.17) is 10.6 Å². The molecule has 0 fully saturated rings. The Labute approximate surface area is 107 Å². The number of nitrogens with zero attached hydrogens (tertiary/aromatic N) is 3. The monoisotopic (exact) mass is 268 g/mol. The van der Waals surface area contributed by atoms with Gasteiger partial charge in [0.15, 0.2) is 12.4 Å². The Bertz CT molecular complexity index is 523. The van der Waals surface area contributed by atoms with Crippen molar-refractivity contribution < 1.29 is 14.3 Å². The van der Waals surface area contributed by atoms with Gasteiger partial charge < -0.3 is 10.6 Å². The molecule has 1 aromatic rings. The van der Waals surface area contributed by atoms with Gasteiger partial charge in [-0.25, -0.2) is 4.68 Å². The van der Waals surface area contributed by atoms with Gasteiger partial charge in [0.05, 0.1) is 5.75 Å². The smallest absolute Gasteiger partial charge is 0.240 e. The number of nitrogens with two attached hydrogens (primary N) is 1. The van der Waals surface area contributed by atoms with Crippen LogP contribution >= 0.6 is 11.8 Å². The number of hydrogen-bond donors (Lipinski definition) is 1. The highest BCUT2D eigenvalue weighted by Gasteiger charge is 2.20. The second kappa shape index (κ2) is 5.21. The molecular weight excluding hydrogens is 256 g/mol. The van der Waals surface area contributed by atoms with Crippen molar-refractivity contribution in [3.8, 4) is 0 Å². The second-order valence-electron chi connectivity index (χ2n) is 3.60. The van der Waals surface area contributed by atoms with Gasteiger partial charge >= 0.3 is 0 Å². The number of Topliss-reactive ketones (excluding diaryl/α,β-unsaturated/α-hetero) is 1. The summed E-state index contributed by atoms with van der Waals surface area (Å²) in [4.78, 5) is 22.1. The zero-order valence-corrected chi connectivity index (χ0v) is 10.6. The van der Waals surface area contributed by atoms with Crippen LogP contribution in [-0.2, 0) is 20.7 Å². The van der Waals surface area contributed by atoms with Crippen LogP contribution in [0.15, 0.2) is 17.0 Å². The van der Waals surface area contributed by atoms with Crippen molar-refractivity contribution >= 4 is 23.3 Å². The van der Waals surface area contributed by atoms with E-state index in [0.717, 1.165) is 0 Å². The molecule has 0 aliphatic carbocycles. The molecule has 1 aliphatic rings. The molecule has 0 saturated carbocycles. The molecule has 8 heteroatoms. The Hall–Kier alpha value is -1.83. The first-order valence-corrected chi connectivity index (χ1v) is 6.33. The summed E-state index contributed by atoms with van der Waals surface area (Å²) in [5.74, 6) is 6.23. The van der Waals surface area contributed by atoms with E-state index in [9.17, 15) is 9.59 Å². The molecule has 0 saturated heterocycles. The van der Waals surface area contributed by atoms with Gasteiger partial charge in [-0.15, -0.1) is 10.2 Å². The molecular formula is C10H12N4O3S. The van der Waals surface area contributed by atoms with Crippen LogP contribution in [0.5, 0.6) is 0 Å². The van der Waals surface area contributed by atoms with Crippen molar-refractivity contribution in [2.75, 3.05) is 18.2 Å². The van der Waals surface area contributed by atoms with Gasteiger partial charge in [-0.05, 0) is 0 Å². The van der Waals surface area contributed by atoms with Gasteiger partial charge in [0.1, 0.15) is 5.76 Å². The van der Waals surface area contributed by atoms with Crippen LogP contribution in [0.4, 0.5) is 0 Å². The van der Waals surface area contributed by atoms with Gasteiger partial charge in [0.2, 0.25) is 16.7 Å². The molecule has 0 radical (unpaired) electrons. The first-order chi connectivity index (χ1) is 8.61. The number of aryl methyl sites for hydroxylation is 1. The maximum absolute atomic E-state index is 11.2. The Kier molecular flexibility index (Phi) is 3.66. The van der Waals surface area contributed by atoms with Crippen LogP contribution in [0.1, 0.15) is 12.7 Å². The quantitative estimate of drug-likeness (QED) is 0.454. The van der Waals surface area contributed by atoms with Crippen LogP contribution in [0.2, 0.25) is 0 Å². The minimum atomic E-state index is -0.529. The van der Waals surface area contributed by atoms with E-state index in [1.807, 2.05) is 6.92 Å². The summed E-state index contributed by atoms with van der Waals surface area (Å²) in [5.41, 5.74) is 0. The van der Waals surface area contributed by atoms with Gasteiger partial charge in [0, 0.05) is 12.5 Å². The van der Waals surface area contributed by atoms with E-state index in [2.05, 4.69) is 10.2 Å². The molecule has 2 rings (SSSR count). The fraction of sp³-hybridized carbons (Fsp3) is 0.400. The zero-order valence-electron chi connectivity index (χ0n) is 9.75. The average molecular weight is 268 g/mol. The summed E-state index contributed by atoms with van der Waals surface area (Å²) in [6, 6.07) is 0. The predicted molar refractivity (Wildman–Crippen MR) is 64.3 cm³/mol. The number of ketones is 2. The minimum Gasteiger partial charge on any atom is -0.489 e. The van der Waals surface area contributed by atoms with Gasteiger partial charge in [0.25, 0.3) is 0 Å². The van der Waals surface area contributed by atoms with Crippen molar-refractivity contribution in [1.29, 1.82) is 0 Å². The lowest BCUT2D eigenvalue weighted by molar-refractivity contribution is -0.137. The number of carbonyl (C=O) groups is 2. The van der Waals surface area contributed by atoms with Crippen LogP contribution in [-0.4, -0.2) is 38.8 Å². The Morgan fingerprint density at radius 2 is 2.28 bits per heavy atom. The van der Waals surface area contributed by atoms with Gasteiger partial charge in [-0.1, -0.05) is 18.7 Å². The lowest BCUT2D eigenvalue weighted by Crippen LogP contribution is -2.24. The number of nitrogen functional groups attached to an aromatic ring is 1. The third kappa shape index (κ3) is 2.53. The summed E-state index contributed by atoms with van der Waals surface area (Å²) in [6.45, 7) is 1.74. The SMILES string of the molecule is CCc1nnc(SCC2=CC(=O)C(=O)CO2)n1N. The third-order valence-electron chi connectivity index (χ3n) is 2.35. The highest BCUT2D eigenvalue weighted by molar-refractivity contribution is 7.99. The minimum absolute atomic E-state index is 0.194. The van der Waals surface area contributed by atoms with Gasteiger partial charge in [-0.2, -0.15) is 0 Å². The van der Waals surface area contributed by atoms with Crippen LogP contribution in [0.25, 0.3) is 0 Å². The van der Waals surface area contributed by atoms with Crippen molar-refractivity contribution in [3.05, 3.63) is 17.7 Å². The van der Waals surface area contributed by atoms with E-state index >= 15 is 0 Å². The number of rotatable bonds is 4. The summed E-state index contributed by atoms with van der Waals surface area (Å²) in [7, 11) is 0. The van der Waals surface area contributed by atoms with E-state index in [-0.39, 0.29) is 6.61 Å². The molecule has 0 unspecified atom stereocenters. The first-order valence-electron chi connectivity index (χ1n) is 5.34. The third-order valence-corrected chi connectivity index (χ3v) is 3.32. The first kappa shape index (κ1) is 12.6. The maximum atomic E-state index is 11.2. The molecule has 1 aromatic heterocycles. The molecule has 0 spiro atoms. The topological polar surface area (TPSA) is 100 Å². The molecule has 0 bridgehead atoms. The number of aromatic nitrogens is 3. The lowest BCUT2D eigenvalue weighted by atomic mass is 10.2. The van der Waals surface area contributed by atoms with E-state index in [1.165, 1.54) is 22.5 Å². The summed E-state index contributed by atoms with van der Waals surface area (Å²) < 4.78 is 6.53. The number of thioether (sulfide) groups is 1. The molecule has 2 heterocycles. The molecule has 18 heavy (non-hydrogen) atoms. The average Bonchev–Trinajstić information content (AvgIpc) is 2.72. The van der Waals surface area contributed by atoms with Crippen molar-refractivity contribution in [1.82, 2.24) is 14.9 Å². The standard InChI is InChI=1S/C10H12N4O3S/c1-2-9-12-13-10(14(9)11)18-5-6-3-7(15)8(16)4-17-6/h3H,2,4-5,11H2,1H3. The summed E-state index contributed by atoms with van der Waals surface area (Å²) in [6.07, 6.45) is 1.90. The molecule has 1 aliphatic heterocycles. The normalized spacial score (nSPS) is 15.5. The molecule has 2 N–H and O–H groups in total. The van der Waals surface area contributed by atoms with E-state index in [1.54, 1.807) is 0 Å². The fourth-order valence-corrected chi connectivity index (χ4v) is 2.14. The molecule has 96 valence electrons.